The van der Waals surface area contributed by atoms with E-state index in [9.17, 15) is 17.9 Å². The third-order valence-electron chi connectivity index (χ3n) is 3.54. The molecule has 112 valence electrons. The van der Waals surface area contributed by atoms with Gasteiger partial charge in [0.25, 0.3) is 0 Å². The number of hydrogen-bond donors (Lipinski definition) is 2. The maximum absolute atomic E-state index is 13.9. The van der Waals surface area contributed by atoms with Crippen molar-refractivity contribution < 1.29 is 17.9 Å². The first kappa shape index (κ1) is 15.7. The Morgan fingerprint density at radius 2 is 2.20 bits per heavy atom. The van der Waals surface area contributed by atoms with Gasteiger partial charge in [-0.2, -0.15) is 4.31 Å². The highest BCUT2D eigenvalue weighted by Gasteiger charge is 2.36. The summed E-state index contributed by atoms with van der Waals surface area (Å²) in [4.78, 5) is -0.426. The molecule has 0 spiro atoms. The summed E-state index contributed by atoms with van der Waals surface area (Å²) < 4.78 is 40.2. The Labute approximate surface area is 125 Å². The molecule has 1 heterocycles. The zero-order chi connectivity index (χ0) is 15.1. The highest BCUT2D eigenvalue weighted by atomic mass is 79.9. The zero-order valence-corrected chi connectivity index (χ0v) is 13.3. The number of aliphatic hydroxyl groups excluding tert-OH is 1. The van der Waals surface area contributed by atoms with Gasteiger partial charge >= 0.3 is 0 Å². The van der Waals surface area contributed by atoms with Crippen LogP contribution in [0.4, 0.5) is 10.1 Å². The largest absolute Gasteiger partial charge is 0.398 e. The van der Waals surface area contributed by atoms with E-state index in [-0.39, 0.29) is 24.7 Å². The quantitative estimate of drug-likeness (QED) is 0.795. The molecule has 0 saturated carbocycles. The van der Waals surface area contributed by atoms with E-state index in [1.807, 2.05) is 0 Å². The number of sulfonamides is 1. The minimum absolute atomic E-state index is 0.124. The molecule has 1 aliphatic heterocycles. The highest BCUT2D eigenvalue weighted by Crippen LogP contribution is 2.31. The lowest BCUT2D eigenvalue weighted by Gasteiger charge is -2.18. The average Bonchev–Trinajstić information content (AvgIpc) is 2.83. The first-order valence-corrected chi connectivity index (χ1v) is 8.39. The van der Waals surface area contributed by atoms with Crippen LogP contribution >= 0.6 is 15.9 Å². The van der Waals surface area contributed by atoms with Crippen molar-refractivity contribution in [3.8, 4) is 0 Å². The molecule has 2 atom stereocenters. The number of anilines is 1. The third kappa shape index (κ3) is 2.83. The molecule has 3 N–H and O–H groups in total. The van der Waals surface area contributed by atoms with Gasteiger partial charge in [0.15, 0.2) is 0 Å². The van der Waals surface area contributed by atoms with E-state index in [1.54, 1.807) is 6.92 Å². The van der Waals surface area contributed by atoms with E-state index in [0.717, 1.165) is 12.1 Å². The van der Waals surface area contributed by atoms with Gasteiger partial charge < -0.3 is 10.8 Å². The van der Waals surface area contributed by atoms with Crippen LogP contribution in [-0.4, -0.2) is 37.0 Å². The van der Waals surface area contributed by atoms with E-state index in [0.29, 0.717) is 10.9 Å². The second-order valence-corrected chi connectivity index (χ2v) is 7.72. The maximum Gasteiger partial charge on any atom is 0.246 e. The van der Waals surface area contributed by atoms with Crippen LogP contribution in [0.3, 0.4) is 0 Å². The summed E-state index contributed by atoms with van der Waals surface area (Å²) in [6, 6.07) is 2.16. The van der Waals surface area contributed by atoms with Gasteiger partial charge in [-0.1, -0.05) is 0 Å². The first-order chi connectivity index (χ1) is 9.23. The van der Waals surface area contributed by atoms with Gasteiger partial charge in [0, 0.05) is 23.2 Å². The van der Waals surface area contributed by atoms with Crippen LogP contribution < -0.4 is 5.73 Å². The van der Waals surface area contributed by atoms with Crippen molar-refractivity contribution in [2.24, 2.45) is 5.92 Å². The van der Waals surface area contributed by atoms with Crippen LogP contribution in [0.2, 0.25) is 0 Å². The van der Waals surface area contributed by atoms with Crippen molar-refractivity contribution in [2.75, 3.05) is 18.8 Å². The lowest BCUT2D eigenvalue weighted by Crippen LogP contribution is -2.31. The summed E-state index contributed by atoms with van der Waals surface area (Å²) in [5, 5.41) is 9.52. The summed E-state index contributed by atoms with van der Waals surface area (Å²) in [6.45, 7) is 2.09. The maximum atomic E-state index is 13.9. The number of nitrogens with zero attached hydrogens (tertiary/aromatic N) is 1. The molecule has 2 unspecified atom stereocenters. The second-order valence-electron chi connectivity index (χ2n) is 4.96. The zero-order valence-electron chi connectivity index (χ0n) is 10.9. The Morgan fingerprint density at radius 3 is 2.75 bits per heavy atom. The first-order valence-electron chi connectivity index (χ1n) is 6.16. The molecule has 0 radical (unpaired) electrons. The molecule has 1 aromatic rings. The Bertz CT molecular complexity index is 621. The smallest absolute Gasteiger partial charge is 0.246 e. The molecule has 0 aliphatic carbocycles. The second kappa shape index (κ2) is 5.59. The SMILES string of the molecule is CC(O)C1CCN(S(=O)(=O)c2cc(N)c(Br)cc2F)C1. The molecule has 0 bridgehead atoms. The molecular weight excluding hydrogens is 351 g/mol. The summed E-state index contributed by atoms with van der Waals surface area (Å²) >= 11 is 3.05. The van der Waals surface area contributed by atoms with Gasteiger partial charge in [0.05, 0.1) is 6.10 Å². The fourth-order valence-corrected chi connectivity index (χ4v) is 4.16. The monoisotopic (exact) mass is 366 g/mol. The molecule has 20 heavy (non-hydrogen) atoms. The molecule has 0 amide bonds. The molecule has 2 rings (SSSR count). The van der Waals surface area contributed by atoms with Crippen LogP contribution in [0.15, 0.2) is 21.5 Å². The number of halogens is 2. The molecule has 0 aromatic heterocycles. The Kier molecular flexibility index (Phi) is 4.38. The predicted molar refractivity (Wildman–Crippen MR) is 77.1 cm³/mol. The van der Waals surface area contributed by atoms with Gasteiger partial charge in [0.1, 0.15) is 10.7 Å². The minimum Gasteiger partial charge on any atom is -0.398 e. The lowest BCUT2D eigenvalue weighted by molar-refractivity contribution is 0.133. The van der Waals surface area contributed by atoms with E-state index in [2.05, 4.69) is 15.9 Å². The molecule has 8 heteroatoms. The number of nitrogens with two attached hydrogens (primary N) is 1. The summed E-state index contributed by atoms with van der Waals surface area (Å²) in [6.07, 6.45) is -0.0279. The van der Waals surface area contributed by atoms with Crippen LogP contribution in [0.25, 0.3) is 0 Å². The normalized spacial score (nSPS) is 22.1. The molecule has 1 fully saturated rings. The molecule has 1 aliphatic rings. The van der Waals surface area contributed by atoms with Crippen LogP contribution in [0.1, 0.15) is 13.3 Å². The van der Waals surface area contributed by atoms with Gasteiger partial charge in [-0.15, -0.1) is 0 Å². The van der Waals surface area contributed by atoms with Crippen molar-refractivity contribution in [3.05, 3.63) is 22.4 Å². The summed E-state index contributed by atoms with van der Waals surface area (Å²) in [5.74, 6) is -0.966. The number of nitrogen functional groups attached to an aromatic ring is 1. The van der Waals surface area contributed by atoms with Crippen molar-refractivity contribution >= 4 is 31.6 Å². The van der Waals surface area contributed by atoms with Crippen molar-refractivity contribution in [1.82, 2.24) is 4.31 Å². The standard InChI is InChI=1S/C12H16BrFN2O3S/c1-7(17)8-2-3-16(6-8)20(18,19)12-5-11(15)9(13)4-10(12)14/h4-5,7-8,17H,2-3,6,15H2,1H3. The predicted octanol–water partition coefficient (Wildman–Crippen LogP) is 1.56. The van der Waals surface area contributed by atoms with E-state index >= 15 is 0 Å². The Hall–Kier alpha value is -0.700. The minimum atomic E-state index is -3.93. The fraction of sp³-hybridized carbons (Fsp3) is 0.500. The van der Waals surface area contributed by atoms with Gasteiger partial charge in [-0.3, -0.25) is 0 Å². The van der Waals surface area contributed by atoms with Gasteiger partial charge in [-0.25, -0.2) is 12.8 Å². The van der Waals surface area contributed by atoms with Gasteiger partial charge in [-0.05, 0) is 47.3 Å². The molecule has 5 nitrogen and oxygen atoms in total. The van der Waals surface area contributed by atoms with E-state index in [1.165, 1.54) is 4.31 Å². The Morgan fingerprint density at radius 1 is 1.55 bits per heavy atom. The van der Waals surface area contributed by atoms with Gasteiger partial charge in [0.2, 0.25) is 10.0 Å². The third-order valence-corrected chi connectivity index (χ3v) is 6.11. The number of hydrogen-bond acceptors (Lipinski definition) is 4. The van der Waals surface area contributed by atoms with Crippen molar-refractivity contribution in [1.29, 1.82) is 0 Å². The Balaban J connectivity index is 2.35. The number of rotatable bonds is 3. The van der Waals surface area contributed by atoms with Crippen LogP contribution in [0.5, 0.6) is 0 Å². The average molecular weight is 367 g/mol. The molecule has 1 saturated heterocycles. The lowest BCUT2D eigenvalue weighted by atomic mass is 10.0. The van der Waals surface area contributed by atoms with E-state index < -0.39 is 26.8 Å². The van der Waals surface area contributed by atoms with Crippen molar-refractivity contribution in [3.63, 3.8) is 0 Å². The molecule has 1 aromatic carbocycles. The summed E-state index contributed by atoms with van der Waals surface area (Å²) in [7, 11) is -3.93. The number of benzene rings is 1. The summed E-state index contributed by atoms with van der Waals surface area (Å²) in [5.41, 5.74) is 5.79. The van der Waals surface area contributed by atoms with Crippen LogP contribution in [-0.2, 0) is 10.0 Å². The topological polar surface area (TPSA) is 83.6 Å². The van der Waals surface area contributed by atoms with E-state index in [4.69, 9.17) is 5.73 Å². The fourth-order valence-electron chi connectivity index (χ4n) is 2.25. The number of aliphatic hydroxyl groups is 1. The van der Waals surface area contributed by atoms with Crippen LogP contribution in [0, 0.1) is 11.7 Å². The highest BCUT2D eigenvalue weighted by molar-refractivity contribution is 9.10. The molecular formula is C12H16BrFN2O3S. The van der Waals surface area contributed by atoms with Crippen molar-refractivity contribution in [2.45, 2.75) is 24.3 Å².